The van der Waals surface area contributed by atoms with Crippen molar-refractivity contribution in [3.8, 4) is 0 Å². The second kappa shape index (κ2) is 9.58. The zero-order valence-corrected chi connectivity index (χ0v) is 21.0. The van der Waals surface area contributed by atoms with E-state index in [1.165, 1.54) is 34.1 Å². The number of nitrogens with zero attached hydrogens (tertiary/aromatic N) is 2. The maximum atomic E-state index is 13.5. The van der Waals surface area contributed by atoms with Crippen LogP contribution in [-0.4, -0.2) is 46.9 Å². The maximum absolute atomic E-state index is 13.5. The zero-order valence-electron chi connectivity index (χ0n) is 21.0. The number of rotatable bonds is 8. The van der Waals surface area contributed by atoms with Gasteiger partial charge in [0.2, 0.25) is 5.91 Å². The first-order valence-corrected chi connectivity index (χ1v) is 13.1. The summed E-state index contributed by atoms with van der Waals surface area (Å²) in [6.45, 7) is 3.16. The summed E-state index contributed by atoms with van der Waals surface area (Å²) in [5, 5.41) is 1.33. The van der Waals surface area contributed by atoms with Crippen LogP contribution in [0, 0.1) is 5.92 Å². The van der Waals surface area contributed by atoms with E-state index in [0.29, 0.717) is 5.91 Å². The average Bonchev–Trinajstić information content (AvgIpc) is 3.20. The van der Waals surface area contributed by atoms with Crippen molar-refractivity contribution in [2.24, 2.45) is 5.92 Å². The summed E-state index contributed by atoms with van der Waals surface area (Å²) in [6, 6.07) is 19.6. The number of amides is 1. The topological polar surface area (TPSA) is 39.3 Å². The van der Waals surface area contributed by atoms with Crippen LogP contribution in [0.5, 0.6) is 0 Å². The van der Waals surface area contributed by atoms with E-state index >= 15 is 0 Å². The third kappa shape index (κ3) is 4.17. The van der Waals surface area contributed by atoms with Gasteiger partial charge in [0.05, 0.1) is 6.04 Å². The minimum absolute atomic E-state index is 0.0656. The molecule has 3 aromatic rings. The second-order valence-corrected chi connectivity index (χ2v) is 10.7. The van der Waals surface area contributed by atoms with Gasteiger partial charge in [0.15, 0.2) is 0 Å². The van der Waals surface area contributed by atoms with Gasteiger partial charge in [-0.2, -0.15) is 0 Å². The molecule has 34 heavy (non-hydrogen) atoms. The first kappa shape index (κ1) is 23.2. The Bertz CT molecular complexity index is 1130. The largest absolute Gasteiger partial charge is 0.356 e. The molecule has 180 valence electrons. The number of carbonyl (C=O) groups excluding carboxylic acids is 1. The standard InChI is InChI=1S/C30H39N3O/c1-4-30(32(2)3,21-22-11-6-5-7-12-22)19-17-27-28-25(24-15-8-9-16-26(24)31-28)18-20-33(27)29(34)23-13-10-14-23/h5-9,11-12,15-16,23,27,31H,4,10,13-14,17-21H2,1-3H3. The van der Waals surface area contributed by atoms with Crippen LogP contribution in [0.25, 0.3) is 10.9 Å². The molecule has 0 saturated heterocycles. The molecule has 1 N–H and O–H groups in total. The number of aromatic nitrogens is 1. The summed E-state index contributed by atoms with van der Waals surface area (Å²) in [7, 11) is 4.44. The van der Waals surface area contributed by atoms with Crippen LogP contribution in [-0.2, 0) is 17.6 Å². The lowest BCUT2D eigenvalue weighted by atomic mass is 9.79. The smallest absolute Gasteiger partial charge is 0.226 e. The molecule has 1 saturated carbocycles. The molecule has 1 fully saturated rings. The van der Waals surface area contributed by atoms with Crippen LogP contribution >= 0.6 is 0 Å². The van der Waals surface area contributed by atoms with Crippen molar-refractivity contribution in [1.29, 1.82) is 0 Å². The van der Waals surface area contributed by atoms with Gasteiger partial charge in [0, 0.05) is 34.6 Å². The van der Waals surface area contributed by atoms with E-state index in [1.54, 1.807) is 0 Å². The fourth-order valence-electron chi connectivity index (χ4n) is 6.24. The van der Waals surface area contributed by atoms with Gasteiger partial charge >= 0.3 is 0 Å². The van der Waals surface area contributed by atoms with Crippen molar-refractivity contribution < 1.29 is 4.79 Å². The average molecular weight is 458 g/mol. The summed E-state index contributed by atoms with van der Waals surface area (Å²) in [5.41, 5.74) is 5.36. The van der Waals surface area contributed by atoms with E-state index in [9.17, 15) is 4.79 Å². The van der Waals surface area contributed by atoms with Crippen molar-refractivity contribution in [1.82, 2.24) is 14.8 Å². The second-order valence-electron chi connectivity index (χ2n) is 10.7. The zero-order chi connectivity index (χ0) is 23.7. The van der Waals surface area contributed by atoms with Crippen LogP contribution in [0.1, 0.15) is 68.3 Å². The number of aromatic amines is 1. The van der Waals surface area contributed by atoms with Crippen molar-refractivity contribution in [3.05, 3.63) is 71.4 Å². The lowest BCUT2D eigenvalue weighted by Gasteiger charge is -2.44. The number of para-hydroxylation sites is 1. The molecular formula is C30H39N3O. The fraction of sp³-hybridized carbons (Fsp3) is 0.500. The Morgan fingerprint density at radius 3 is 2.50 bits per heavy atom. The van der Waals surface area contributed by atoms with Crippen LogP contribution < -0.4 is 0 Å². The van der Waals surface area contributed by atoms with Gasteiger partial charge in [-0.15, -0.1) is 0 Å². The Hall–Kier alpha value is -2.59. The molecule has 0 spiro atoms. The highest BCUT2D eigenvalue weighted by molar-refractivity contribution is 5.86. The highest BCUT2D eigenvalue weighted by Gasteiger charge is 2.40. The van der Waals surface area contributed by atoms with E-state index in [1.807, 2.05) is 0 Å². The summed E-state index contributed by atoms with van der Waals surface area (Å²) in [4.78, 5) is 21.9. The number of nitrogens with one attached hydrogen (secondary N) is 1. The fourth-order valence-corrected chi connectivity index (χ4v) is 6.24. The molecule has 0 bridgehead atoms. The van der Waals surface area contributed by atoms with Crippen molar-refractivity contribution in [3.63, 3.8) is 0 Å². The molecule has 2 aromatic carbocycles. The third-order valence-corrected chi connectivity index (χ3v) is 8.76. The van der Waals surface area contributed by atoms with E-state index in [0.717, 1.165) is 51.5 Å². The number of benzene rings is 2. The molecule has 4 nitrogen and oxygen atoms in total. The van der Waals surface area contributed by atoms with Gasteiger partial charge in [0.25, 0.3) is 0 Å². The summed E-state index contributed by atoms with van der Waals surface area (Å²) >= 11 is 0. The van der Waals surface area contributed by atoms with Gasteiger partial charge in [-0.3, -0.25) is 4.79 Å². The minimum Gasteiger partial charge on any atom is -0.356 e. The van der Waals surface area contributed by atoms with Gasteiger partial charge in [-0.25, -0.2) is 0 Å². The van der Waals surface area contributed by atoms with Crippen LogP contribution in [0.4, 0.5) is 0 Å². The Balaban J connectivity index is 1.47. The number of hydrogen-bond donors (Lipinski definition) is 1. The van der Waals surface area contributed by atoms with E-state index in [2.05, 4.69) is 90.4 Å². The Morgan fingerprint density at radius 1 is 1.09 bits per heavy atom. The quantitative estimate of drug-likeness (QED) is 0.442. The van der Waals surface area contributed by atoms with Crippen LogP contribution in [0.15, 0.2) is 54.6 Å². The first-order chi connectivity index (χ1) is 16.5. The van der Waals surface area contributed by atoms with Crippen molar-refractivity contribution in [2.45, 2.75) is 69.9 Å². The number of likely N-dealkylation sites (N-methyl/N-ethyl adjacent to an activating group) is 1. The summed E-state index contributed by atoms with van der Waals surface area (Å²) in [6.07, 6.45) is 8.42. The molecule has 2 heterocycles. The number of fused-ring (bicyclic) bond motifs is 3. The number of carbonyl (C=O) groups is 1. The summed E-state index contributed by atoms with van der Waals surface area (Å²) in [5.74, 6) is 0.623. The van der Waals surface area contributed by atoms with E-state index < -0.39 is 0 Å². The monoisotopic (exact) mass is 457 g/mol. The van der Waals surface area contributed by atoms with Crippen molar-refractivity contribution >= 4 is 16.8 Å². The predicted octanol–water partition coefficient (Wildman–Crippen LogP) is 6.13. The van der Waals surface area contributed by atoms with Crippen molar-refractivity contribution in [2.75, 3.05) is 20.6 Å². The number of hydrogen-bond acceptors (Lipinski definition) is 2. The molecule has 1 aromatic heterocycles. The molecular weight excluding hydrogens is 418 g/mol. The first-order valence-electron chi connectivity index (χ1n) is 13.1. The normalized spacial score (nSPS) is 20.2. The molecule has 1 aliphatic carbocycles. The molecule has 5 rings (SSSR count). The Kier molecular flexibility index (Phi) is 6.52. The SMILES string of the molecule is CCC(CCC1c2[nH]c3ccccc3c2CCN1C(=O)C1CCC1)(Cc1ccccc1)N(C)C. The Labute approximate surface area is 204 Å². The van der Waals surface area contributed by atoms with E-state index in [-0.39, 0.29) is 17.5 Å². The van der Waals surface area contributed by atoms with E-state index in [4.69, 9.17) is 0 Å². The lowest BCUT2D eigenvalue weighted by Crippen LogP contribution is -2.48. The molecule has 1 aliphatic heterocycles. The van der Waals surface area contributed by atoms with Gasteiger partial charge in [-0.05, 0) is 76.2 Å². The molecule has 2 atom stereocenters. The van der Waals surface area contributed by atoms with Crippen LogP contribution in [0.3, 0.4) is 0 Å². The molecule has 0 radical (unpaired) electrons. The van der Waals surface area contributed by atoms with Gasteiger partial charge in [-0.1, -0.05) is 61.9 Å². The number of H-pyrrole nitrogens is 1. The highest BCUT2D eigenvalue weighted by Crippen LogP contribution is 2.42. The molecule has 2 unspecified atom stereocenters. The highest BCUT2D eigenvalue weighted by atomic mass is 16.2. The maximum Gasteiger partial charge on any atom is 0.226 e. The summed E-state index contributed by atoms with van der Waals surface area (Å²) < 4.78 is 0. The predicted molar refractivity (Wildman–Crippen MR) is 140 cm³/mol. The van der Waals surface area contributed by atoms with Gasteiger partial charge < -0.3 is 14.8 Å². The Morgan fingerprint density at radius 2 is 1.82 bits per heavy atom. The minimum atomic E-state index is 0.0656. The lowest BCUT2D eigenvalue weighted by molar-refractivity contribution is -0.141. The van der Waals surface area contributed by atoms with Gasteiger partial charge in [0.1, 0.15) is 0 Å². The molecule has 2 aliphatic rings. The van der Waals surface area contributed by atoms with Crippen LogP contribution in [0.2, 0.25) is 0 Å². The molecule has 1 amide bonds. The third-order valence-electron chi connectivity index (χ3n) is 8.76. The molecule has 4 heteroatoms.